The van der Waals surface area contributed by atoms with Crippen molar-refractivity contribution in [3.8, 4) is 11.5 Å². The highest BCUT2D eigenvalue weighted by Crippen LogP contribution is 2.22. The summed E-state index contributed by atoms with van der Waals surface area (Å²) in [4.78, 5) is 13.8. The van der Waals surface area contributed by atoms with Gasteiger partial charge in [-0.15, -0.1) is 0 Å². The van der Waals surface area contributed by atoms with Gasteiger partial charge >= 0.3 is 0 Å². The van der Waals surface area contributed by atoms with Crippen LogP contribution < -0.4 is 5.73 Å². The number of carbonyl (C=O) groups excluding carboxylic acids is 1. The van der Waals surface area contributed by atoms with E-state index in [1.807, 2.05) is 0 Å². The van der Waals surface area contributed by atoms with Crippen molar-refractivity contribution in [2.75, 3.05) is 13.1 Å². The molecule has 1 atom stereocenters. The molecule has 1 aliphatic rings. The molecule has 0 aromatic heterocycles. The molecule has 1 amide bonds. The first-order chi connectivity index (χ1) is 8.06. The maximum Gasteiger partial charge on any atom is 0.254 e. The largest absolute Gasteiger partial charge is 0.508 e. The van der Waals surface area contributed by atoms with Gasteiger partial charge in [0.15, 0.2) is 0 Å². The van der Waals surface area contributed by atoms with Gasteiger partial charge in [0, 0.05) is 30.8 Å². The summed E-state index contributed by atoms with van der Waals surface area (Å²) in [5, 5.41) is 18.7. The van der Waals surface area contributed by atoms with E-state index in [0.717, 1.165) is 12.8 Å². The third-order valence-corrected chi connectivity index (χ3v) is 2.89. The first-order valence-electron chi connectivity index (χ1n) is 5.64. The first-order valence-corrected chi connectivity index (χ1v) is 5.64. The van der Waals surface area contributed by atoms with E-state index in [0.29, 0.717) is 13.1 Å². The Morgan fingerprint density at radius 2 is 1.94 bits per heavy atom. The van der Waals surface area contributed by atoms with Gasteiger partial charge in [0.25, 0.3) is 5.91 Å². The molecule has 1 heterocycles. The van der Waals surface area contributed by atoms with Gasteiger partial charge < -0.3 is 20.8 Å². The number of amides is 1. The highest BCUT2D eigenvalue weighted by Gasteiger charge is 2.22. The summed E-state index contributed by atoms with van der Waals surface area (Å²) in [6, 6.07) is 3.90. The Morgan fingerprint density at radius 1 is 1.29 bits per heavy atom. The Balaban J connectivity index is 2.18. The zero-order valence-corrected chi connectivity index (χ0v) is 9.47. The molecule has 1 aliphatic heterocycles. The third-order valence-electron chi connectivity index (χ3n) is 2.89. The predicted octanol–water partition coefficient (Wildman–Crippen LogP) is 0.661. The van der Waals surface area contributed by atoms with E-state index in [1.54, 1.807) is 4.90 Å². The van der Waals surface area contributed by atoms with E-state index in [4.69, 9.17) is 5.73 Å². The van der Waals surface area contributed by atoms with Crippen LogP contribution in [0.1, 0.15) is 23.2 Å². The highest BCUT2D eigenvalue weighted by atomic mass is 16.3. The molecule has 1 aromatic carbocycles. The fraction of sp³-hybridized carbons (Fsp3) is 0.417. The molecule has 17 heavy (non-hydrogen) atoms. The Kier molecular flexibility index (Phi) is 3.19. The molecule has 1 fully saturated rings. The minimum Gasteiger partial charge on any atom is -0.508 e. The fourth-order valence-electron chi connectivity index (χ4n) is 2.10. The summed E-state index contributed by atoms with van der Waals surface area (Å²) in [5.41, 5.74) is 6.10. The monoisotopic (exact) mass is 236 g/mol. The zero-order valence-electron chi connectivity index (χ0n) is 9.47. The molecule has 0 bridgehead atoms. The smallest absolute Gasteiger partial charge is 0.254 e. The van der Waals surface area contributed by atoms with E-state index < -0.39 is 0 Å². The summed E-state index contributed by atoms with van der Waals surface area (Å²) in [6.45, 7) is 1.19. The van der Waals surface area contributed by atoms with Crippen molar-refractivity contribution in [2.24, 2.45) is 5.73 Å². The molecular weight excluding hydrogens is 220 g/mol. The summed E-state index contributed by atoms with van der Waals surface area (Å²) < 4.78 is 0. The third kappa shape index (κ3) is 2.68. The minimum absolute atomic E-state index is 0.0126. The number of aromatic hydroxyl groups is 2. The van der Waals surface area contributed by atoms with Gasteiger partial charge in [-0.3, -0.25) is 4.79 Å². The molecule has 1 aromatic rings. The Labute approximate surface area is 99.5 Å². The van der Waals surface area contributed by atoms with Crippen LogP contribution in [-0.2, 0) is 0 Å². The van der Waals surface area contributed by atoms with Gasteiger partial charge in [-0.2, -0.15) is 0 Å². The highest BCUT2D eigenvalue weighted by molar-refractivity contribution is 5.95. The van der Waals surface area contributed by atoms with E-state index in [1.165, 1.54) is 18.2 Å². The van der Waals surface area contributed by atoms with E-state index >= 15 is 0 Å². The molecule has 4 N–H and O–H groups in total. The minimum atomic E-state index is -0.202. The van der Waals surface area contributed by atoms with Crippen LogP contribution in [0.15, 0.2) is 18.2 Å². The number of likely N-dealkylation sites (tertiary alicyclic amines) is 1. The molecule has 2 rings (SSSR count). The van der Waals surface area contributed by atoms with Crippen molar-refractivity contribution < 1.29 is 15.0 Å². The summed E-state index contributed by atoms with van der Waals surface area (Å²) in [5.74, 6) is -0.435. The number of nitrogens with zero attached hydrogens (tertiary/aromatic N) is 1. The van der Waals surface area contributed by atoms with Crippen molar-refractivity contribution in [1.82, 2.24) is 4.90 Å². The molecule has 0 radical (unpaired) electrons. The zero-order chi connectivity index (χ0) is 12.4. The SMILES string of the molecule is NC1CCCN(C(=O)c2cc(O)cc(O)c2)C1. The Bertz CT molecular complexity index is 414. The standard InChI is InChI=1S/C12H16N2O3/c13-9-2-1-3-14(7-9)12(17)8-4-10(15)6-11(16)5-8/h4-6,9,15-16H,1-3,7,13H2. The van der Waals surface area contributed by atoms with Crippen LogP contribution in [0.5, 0.6) is 11.5 Å². The summed E-state index contributed by atoms with van der Waals surface area (Å²) >= 11 is 0. The van der Waals surface area contributed by atoms with Gasteiger partial charge in [-0.25, -0.2) is 0 Å². The lowest BCUT2D eigenvalue weighted by molar-refractivity contribution is 0.0708. The average molecular weight is 236 g/mol. The van der Waals surface area contributed by atoms with Gasteiger partial charge in [0.05, 0.1) is 0 Å². The number of benzene rings is 1. The number of hydrogen-bond donors (Lipinski definition) is 3. The van der Waals surface area contributed by atoms with Crippen molar-refractivity contribution >= 4 is 5.91 Å². The lowest BCUT2D eigenvalue weighted by atomic mass is 10.1. The molecular formula is C12H16N2O3. The van der Waals surface area contributed by atoms with Gasteiger partial charge in [0.2, 0.25) is 0 Å². The Hall–Kier alpha value is -1.75. The molecule has 5 nitrogen and oxygen atoms in total. The van der Waals surface area contributed by atoms with Crippen LogP contribution in [0.25, 0.3) is 0 Å². The van der Waals surface area contributed by atoms with Crippen LogP contribution in [-0.4, -0.2) is 40.2 Å². The van der Waals surface area contributed by atoms with Crippen LogP contribution in [0, 0.1) is 0 Å². The molecule has 0 aliphatic carbocycles. The quantitative estimate of drug-likeness (QED) is 0.668. The second kappa shape index (κ2) is 4.63. The predicted molar refractivity (Wildman–Crippen MR) is 62.9 cm³/mol. The maximum absolute atomic E-state index is 12.1. The molecule has 0 spiro atoms. The number of carbonyl (C=O) groups is 1. The van der Waals surface area contributed by atoms with Crippen LogP contribution >= 0.6 is 0 Å². The fourth-order valence-corrected chi connectivity index (χ4v) is 2.10. The van der Waals surface area contributed by atoms with Crippen LogP contribution in [0.2, 0.25) is 0 Å². The van der Waals surface area contributed by atoms with Gasteiger partial charge in [-0.1, -0.05) is 0 Å². The topological polar surface area (TPSA) is 86.8 Å². The molecule has 1 unspecified atom stereocenters. The number of phenolic OH excluding ortho intramolecular Hbond substituents is 2. The number of hydrogen-bond acceptors (Lipinski definition) is 4. The van der Waals surface area contributed by atoms with E-state index in [9.17, 15) is 15.0 Å². The van der Waals surface area contributed by atoms with Gasteiger partial charge in [-0.05, 0) is 25.0 Å². The van der Waals surface area contributed by atoms with E-state index in [2.05, 4.69) is 0 Å². The number of piperidine rings is 1. The second-order valence-electron chi connectivity index (χ2n) is 4.39. The molecule has 1 saturated heterocycles. The summed E-state index contributed by atoms with van der Waals surface area (Å²) in [6.07, 6.45) is 1.81. The summed E-state index contributed by atoms with van der Waals surface area (Å²) in [7, 11) is 0. The molecule has 0 saturated carbocycles. The van der Waals surface area contributed by atoms with Gasteiger partial charge in [0.1, 0.15) is 11.5 Å². The average Bonchev–Trinajstić information content (AvgIpc) is 2.26. The second-order valence-corrected chi connectivity index (χ2v) is 4.39. The molecule has 92 valence electrons. The number of nitrogens with two attached hydrogens (primary N) is 1. The Morgan fingerprint density at radius 3 is 2.53 bits per heavy atom. The lowest BCUT2D eigenvalue weighted by Gasteiger charge is -2.30. The van der Waals surface area contributed by atoms with Crippen molar-refractivity contribution in [2.45, 2.75) is 18.9 Å². The first kappa shape index (κ1) is 11.7. The van der Waals surface area contributed by atoms with Crippen molar-refractivity contribution in [3.05, 3.63) is 23.8 Å². The lowest BCUT2D eigenvalue weighted by Crippen LogP contribution is -2.45. The van der Waals surface area contributed by atoms with Crippen LogP contribution in [0.3, 0.4) is 0 Å². The number of rotatable bonds is 1. The molecule has 5 heteroatoms. The number of phenols is 2. The van der Waals surface area contributed by atoms with E-state index in [-0.39, 0.29) is 29.0 Å². The van der Waals surface area contributed by atoms with Crippen molar-refractivity contribution in [3.63, 3.8) is 0 Å². The normalized spacial score (nSPS) is 20.3. The maximum atomic E-state index is 12.1. The van der Waals surface area contributed by atoms with Crippen LogP contribution in [0.4, 0.5) is 0 Å². The van der Waals surface area contributed by atoms with Crippen molar-refractivity contribution in [1.29, 1.82) is 0 Å².